The standard InChI is InChI=1S/C15H20FNO3/c1-4-15(19)9-17(10-15)13(18)14(2,3)20-12-7-5-11(16)6-8-12/h5-8,19H,4,9-10H2,1-3H3. The van der Waals surface area contributed by atoms with E-state index >= 15 is 0 Å². The molecule has 0 aliphatic carbocycles. The molecule has 2 rings (SSSR count). The Labute approximate surface area is 118 Å². The van der Waals surface area contributed by atoms with Crippen molar-refractivity contribution < 1.29 is 19.0 Å². The summed E-state index contributed by atoms with van der Waals surface area (Å²) in [5.41, 5.74) is -1.81. The third kappa shape index (κ3) is 2.93. The van der Waals surface area contributed by atoms with E-state index in [1.165, 1.54) is 24.3 Å². The van der Waals surface area contributed by atoms with Crippen LogP contribution in [0.25, 0.3) is 0 Å². The van der Waals surface area contributed by atoms with Crippen molar-refractivity contribution in [2.75, 3.05) is 13.1 Å². The summed E-state index contributed by atoms with van der Waals surface area (Å²) in [7, 11) is 0. The van der Waals surface area contributed by atoms with E-state index in [0.29, 0.717) is 25.3 Å². The molecule has 1 aliphatic rings. The zero-order valence-corrected chi connectivity index (χ0v) is 12.0. The molecule has 1 aromatic carbocycles. The highest BCUT2D eigenvalue weighted by Gasteiger charge is 2.46. The first-order valence-corrected chi connectivity index (χ1v) is 6.72. The smallest absolute Gasteiger partial charge is 0.266 e. The second-order valence-corrected chi connectivity index (χ2v) is 5.81. The van der Waals surface area contributed by atoms with Gasteiger partial charge in [0.05, 0.1) is 18.7 Å². The second kappa shape index (κ2) is 5.05. The van der Waals surface area contributed by atoms with E-state index in [1.54, 1.807) is 18.7 Å². The van der Waals surface area contributed by atoms with E-state index in [-0.39, 0.29) is 11.7 Å². The Bertz CT molecular complexity index is 492. The van der Waals surface area contributed by atoms with Gasteiger partial charge in [-0.05, 0) is 44.5 Å². The van der Waals surface area contributed by atoms with Crippen LogP contribution in [0.1, 0.15) is 27.2 Å². The topological polar surface area (TPSA) is 49.8 Å². The second-order valence-electron chi connectivity index (χ2n) is 5.81. The summed E-state index contributed by atoms with van der Waals surface area (Å²) in [4.78, 5) is 13.9. The molecule has 1 amide bonds. The van der Waals surface area contributed by atoms with E-state index in [1.807, 2.05) is 6.92 Å². The number of benzene rings is 1. The molecule has 1 aliphatic heterocycles. The van der Waals surface area contributed by atoms with Gasteiger partial charge in [0.1, 0.15) is 11.6 Å². The van der Waals surface area contributed by atoms with Gasteiger partial charge in [0.25, 0.3) is 5.91 Å². The summed E-state index contributed by atoms with van der Waals surface area (Å²) in [5.74, 6) is -0.0896. The molecule has 1 heterocycles. The normalized spacial score (nSPS) is 17.6. The number of amides is 1. The van der Waals surface area contributed by atoms with Crippen LogP contribution >= 0.6 is 0 Å². The molecular weight excluding hydrogens is 261 g/mol. The number of nitrogens with zero attached hydrogens (tertiary/aromatic N) is 1. The first-order chi connectivity index (χ1) is 9.26. The number of carbonyl (C=O) groups excluding carboxylic acids is 1. The minimum Gasteiger partial charge on any atom is -0.478 e. The Morgan fingerprint density at radius 1 is 1.40 bits per heavy atom. The fourth-order valence-corrected chi connectivity index (χ4v) is 2.25. The molecule has 1 N–H and O–H groups in total. The van der Waals surface area contributed by atoms with Crippen molar-refractivity contribution in [1.29, 1.82) is 0 Å². The molecule has 20 heavy (non-hydrogen) atoms. The monoisotopic (exact) mass is 281 g/mol. The number of likely N-dealkylation sites (tertiary alicyclic amines) is 1. The molecule has 0 unspecified atom stereocenters. The Balaban J connectivity index is 2.00. The minimum atomic E-state index is -1.05. The highest BCUT2D eigenvalue weighted by Crippen LogP contribution is 2.28. The Morgan fingerprint density at radius 3 is 2.45 bits per heavy atom. The molecule has 0 atom stereocenters. The predicted octanol–water partition coefficient (Wildman–Crippen LogP) is 1.97. The van der Waals surface area contributed by atoms with Gasteiger partial charge in [-0.2, -0.15) is 0 Å². The number of carbonyl (C=O) groups is 1. The van der Waals surface area contributed by atoms with Gasteiger partial charge in [-0.15, -0.1) is 0 Å². The van der Waals surface area contributed by atoms with Crippen LogP contribution in [0, 0.1) is 5.82 Å². The summed E-state index contributed by atoms with van der Waals surface area (Å²) < 4.78 is 18.5. The van der Waals surface area contributed by atoms with Crippen LogP contribution in [0.3, 0.4) is 0 Å². The fraction of sp³-hybridized carbons (Fsp3) is 0.533. The van der Waals surface area contributed by atoms with Crippen LogP contribution in [0.2, 0.25) is 0 Å². The van der Waals surface area contributed by atoms with Crippen molar-refractivity contribution in [1.82, 2.24) is 4.90 Å². The van der Waals surface area contributed by atoms with Crippen molar-refractivity contribution in [3.63, 3.8) is 0 Å². The SMILES string of the molecule is CCC1(O)CN(C(=O)C(C)(C)Oc2ccc(F)cc2)C1. The third-order valence-corrected chi connectivity index (χ3v) is 3.62. The predicted molar refractivity (Wildman–Crippen MR) is 72.9 cm³/mol. The number of rotatable bonds is 4. The Morgan fingerprint density at radius 2 is 1.95 bits per heavy atom. The van der Waals surface area contributed by atoms with Gasteiger partial charge in [0.15, 0.2) is 5.60 Å². The van der Waals surface area contributed by atoms with Crippen molar-refractivity contribution in [2.24, 2.45) is 0 Å². The van der Waals surface area contributed by atoms with Gasteiger partial charge in [-0.1, -0.05) is 6.92 Å². The lowest BCUT2D eigenvalue weighted by Crippen LogP contribution is -2.66. The van der Waals surface area contributed by atoms with Gasteiger partial charge in [0, 0.05) is 0 Å². The van der Waals surface area contributed by atoms with Crippen molar-refractivity contribution in [3.05, 3.63) is 30.1 Å². The van der Waals surface area contributed by atoms with E-state index in [9.17, 15) is 14.3 Å². The molecular formula is C15H20FNO3. The molecule has 0 saturated carbocycles. The molecule has 1 saturated heterocycles. The molecule has 5 heteroatoms. The number of β-amino-alcohol motifs (C(OH)–C–C–N with tert-alkyl or cyclic N) is 1. The van der Waals surface area contributed by atoms with E-state index in [0.717, 1.165) is 0 Å². The molecule has 0 radical (unpaired) electrons. The highest BCUT2D eigenvalue weighted by atomic mass is 19.1. The van der Waals surface area contributed by atoms with Crippen molar-refractivity contribution in [3.8, 4) is 5.75 Å². The van der Waals surface area contributed by atoms with Crippen LogP contribution in [0.4, 0.5) is 4.39 Å². The number of hydrogen-bond donors (Lipinski definition) is 1. The summed E-state index contributed by atoms with van der Waals surface area (Å²) in [6, 6.07) is 5.55. The quantitative estimate of drug-likeness (QED) is 0.918. The van der Waals surface area contributed by atoms with Gasteiger partial charge in [-0.25, -0.2) is 4.39 Å². The van der Waals surface area contributed by atoms with Crippen LogP contribution in [0.15, 0.2) is 24.3 Å². The maximum atomic E-state index is 12.8. The van der Waals surface area contributed by atoms with E-state index in [2.05, 4.69) is 0 Å². The number of aliphatic hydroxyl groups is 1. The zero-order chi connectivity index (χ0) is 15.0. The number of halogens is 1. The van der Waals surface area contributed by atoms with Crippen LogP contribution < -0.4 is 4.74 Å². The average molecular weight is 281 g/mol. The zero-order valence-electron chi connectivity index (χ0n) is 12.0. The average Bonchev–Trinajstić information content (AvgIpc) is 2.36. The largest absolute Gasteiger partial charge is 0.478 e. The van der Waals surface area contributed by atoms with Gasteiger partial charge >= 0.3 is 0 Å². The molecule has 0 aromatic heterocycles. The maximum absolute atomic E-state index is 12.8. The minimum absolute atomic E-state index is 0.181. The first-order valence-electron chi connectivity index (χ1n) is 6.72. The third-order valence-electron chi connectivity index (χ3n) is 3.62. The van der Waals surface area contributed by atoms with Gasteiger partial charge in [-0.3, -0.25) is 4.79 Å². The van der Waals surface area contributed by atoms with Crippen molar-refractivity contribution >= 4 is 5.91 Å². The van der Waals surface area contributed by atoms with Gasteiger partial charge in [0.2, 0.25) is 0 Å². The molecule has 1 aromatic rings. The number of ether oxygens (including phenoxy) is 1. The highest BCUT2D eigenvalue weighted by molar-refractivity contribution is 5.85. The Kier molecular flexibility index (Phi) is 3.73. The molecule has 110 valence electrons. The van der Waals surface area contributed by atoms with Crippen LogP contribution in [-0.4, -0.2) is 40.2 Å². The number of hydrogen-bond acceptors (Lipinski definition) is 3. The first kappa shape index (κ1) is 14.8. The summed E-state index contributed by atoms with van der Waals surface area (Å²) >= 11 is 0. The van der Waals surface area contributed by atoms with Crippen molar-refractivity contribution in [2.45, 2.75) is 38.4 Å². The molecule has 4 nitrogen and oxygen atoms in total. The maximum Gasteiger partial charge on any atom is 0.266 e. The lowest BCUT2D eigenvalue weighted by atomic mass is 9.89. The molecule has 0 spiro atoms. The van der Waals surface area contributed by atoms with E-state index < -0.39 is 11.2 Å². The Hall–Kier alpha value is -1.62. The van der Waals surface area contributed by atoms with Crippen LogP contribution in [0.5, 0.6) is 5.75 Å². The molecule has 0 bridgehead atoms. The summed E-state index contributed by atoms with van der Waals surface area (Å²) in [6.45, 7) is 5.89. The summed E-state index contributed by atoms with van der Waals surface area (Å²) in [5, 5.41) is 9.95. The molecule has 1 fully saturated rings. The van der Waals surface area contributed by atoms with Gasteiger partial charge < -0.3 is 14.7 Å². The van der Waals surface area contributed by atoms with Crippen LogP contribution in [-0.2, 0) is 4.79 Å². The van der Waals surface area contributed by atoms with E-state index in [4.69, 9.17) is 4.74 Å². The lowest BCUT2D eigenvalue weighted by Gasteiger charge is -2.48. The lowest BCUT2D eigenvalue weighted by molar-refractivity contribution is -0.169. The fourth-order valence-electron chi connectivity index (χ4n) is 2.25. The summed E-state index contributed by atoms with van der Waals surface area (Å²) in [6.07, 6.45) is 0.621.